The SMILES string of the molecule is CCc1ccc(C(=O)CSc2ccc(NC(C)=O)cc2)cc1. The van der Waals surface area contributed by atoms with E-state index in [-0.39, 0.29) is 11.7 Å². The summed E-state index contributed by atoms with van der Waals surface area (Å²) in [6.45, 7) is 3.57. The lowest BCUT2D eigenvalue weighted by Crippen LogP contribution is -2.05. The van der Waals surface area contributed by atoms with Crippen molar-refractivity contribution in [3.63, 3.8) is 0 Å². The van der Waals surface area contributed by atoms with Gasteiger partial charge in [-0.2, -0.15) is 0 Å². The Morgan fingerprint density at radius 3 is 2.18 bits per heavy atom. The van der Waals surface area contributed by atoms with Gasteiger partial charge in [-0.15, -0.1) is 11.8 Å². The first-order chi connectivity index (χ1) is 10.6. The van der Waals surface area contributed by atoms with Crippen molar-refractivity contribution in [2.24, 2.45) is 0 Å². The second-order valence-electron chi connectivity index (χ2n) is 4.97. The zero-order valence-electron chi connectivity index (χ0n) is 12.8. The molecule has 0 aliphatic heterocycles. The van der Waals surface area contributed by atoms with Gasteiger partial charge < -0.3 is 5.32 Å². The number of ketones is 1. The number of carbonyl (C=O) groups is 2. The fourth-order valence-corrected chi connectivity index (χ4v) is 2.79. The summed E-state index contributed by atoms with van der Waals surface area (Å²) in [6.07, 6.45) is 0.976. The predicted octanol–water partition coefficient (Wildman–Crippen LogP) is 4.18. The van der Waals surface area contributed by atoms with Gasteiger partial charge >= 0.3 is 0 Å². The molecule has 2 rings (SSSR count). The van der Waals surface area contributed by atoms with Crippen LogP contribution in [0, 0.1) is 0 Å². The Bertz CT molecular complexity index is 648. The van der Waals surface area contributed by atoms with Crippen LogP contribution in [0.25, 0.3) is 0 Å². The number of benzene rings is 2. The second-order valence-corrected chi connectivity index (χ2v) is 6.02. The molecule has 0 aliphatic carbocycles. The van der Waals surface area contributed by atoms with Crippen LogP contribution in [0.1, 0.15) is 29.8 Å². The Kier molecular flexibility index (Phi) is 5.78. The van der Waals surface area contributed by atoms with E-state index in [0.29, 0.717) is 5.75 Å². The number of rotatable bonds is 6. The fraction of sp³-hybridized carbons (Fsp3) is 0.222. The quantitative estimate of drug-likeness (QED) is 0.643. The molecule has 0 spiro atoms. The molecule has 1 N–H and O–H groups in total. The van der Waals surface area contributed by atoms with Gasteiger partial charge in [-0.1, -0.05) is 31.2 Å². The molecule has 0 radical (unpaired) electrons. The van der Waals surface area contributed by atoms with Crippen molar-refractivity contribution in [1.82, 2.24) is 0 Å². The molecule has 114 valence electrons. The van der Waals surface area contributed by atoms with Crippen molar-refractivity contribution in [1.29, 1.82) is 0 Å². The molecule has 0 heterocycles. The number of hydrogen-bond acceptors (Lipinski definition) is 3. The van der Waals surface area contributed by atoms with E-state index in [4.69, 9.17) is 0 Å². The molecular weight excluding hydrogens is 294 g/mol. The molecule has 0 saturated heterocycles. The third-order valence-corrected chi connectivity index (χ3v) is 4.24. The predicted molar refractivity (Wildman–Crippen MR) is 91.6 cm³/mol. The van der Waals surface area contributed by atoms with E-state index >= 15 is 0 Å². The molecule has 22 heavy (non-hydrogen) atoms. The molecule has 3 nitrogen and oxygen atoms in total. The van der Waals surface area contributed by atoms with Gasteiger partial charge in [-0.25, -0.2) is 0 Å². The van der Waals surface area contributed by atoms with Gasteiger partial charge in [0.2, 0.25) is 5.91 Å². The number of amides is 1. The van der Waals surface area contributed by atoms with Crippen LogP contribution in [0.2, 0.25) is 0 Å². The van der Waals surface area contributed by atoms with Crippen molar-refractivity contribution < 1.29 is 9.59 Å². The number of aryl methyl sites for hydroxylation is 1. The summed E-state index contributed by atoms with van der Waals surface area (Å²) >= 11 is 1.50. The number of hydrogen-bond donors (Lipinski definition) is 1. The summed E-state index contributed by atoms with van der Waals surface area (Å²) in [7, 11) is 0. The summed E-state index contributed by atoms with van der Waals surface area (Å²) in [6, 6.07) is 15.3. The summed E-state index contributed by atoms with van der Waals surface area (Å²) < 4.78 is 0. The minimum absolute atomic E-state index is 0.0916. The highest BCUT2D eigenvalue weighted by molar-refractivity contribution is 8.00. The van der Waals surface area contributed by atoms with Gasteiger partial charge in [0.1, 0.15) is 0 Å². The standard InChI is InChI=1S/C18H19NO2S/c1-3-14-4-6-15(7-5-14)18(21)12-22-17-10-8-16(9-11-17)19-13(2)20/h4-11H,3,12H2,1-2H3,(H,19,20). The van der Waals surface area contributed by atoms with E-state index in [0.717, 1.165) is 22.6 Å². The highest BCUT2D eigenvalue weighted by Crippen LogP contribution is 2.21. The first-order valence-corrected chi connectivity index (χ1v) is 8.19. The Labute approximate surface area is 135 Å². The largest absolute Gasteiger partial charge is 0.326 e. The van der Waals surface area contributed by atoms with Crippen molar-refractivity contribution in [3.05, 3.63) is 59.7 Å². The minimum atomic E-state index is -0.0916. The maximum Gasteiger partial charge on any atom is 0.221 e. The van der Waals surface area contributed by atoms with Crippen molar-refractivity contribution >= 4 is 29.1 Å². The van der Waals surface area contributed by atoms with Gasteiger partial charge in [-0.05, 0) is 36.2 Å². The number of thioether (sulfide) groups is 1. The van der Waals surface area contributed by atoms with E-state index in [9.17, 15) is 9.59 Å². The maximum atomic E-state index is 12.2. The van der Waals surface area contributed by atoms with E-state index in [2.05, 4.69) is 12.2 Å². The average molecular weight is 313 g/mol. The van der Waals surface area contributed by atoms with Crippen molar-refractivity contribution in [2.45, 2.75) is 25.2 Å². The summed E-state index contributed by atoms with van der Waals surface area (Å²) in [4.78, 5) is 24.1. The number of nitrogens with one attached hydrogen (secondary N) is 1. The molecular formula is C18H19NO2S. The molecule has 2 aromatic rings. The van der Waals surface area contributed by atoms with Crippen LogP contribution >= 0.6 is 11.8 Å². The minimum Gasteiger partial charge on any atom is -0.326 e. The van der Waals surface area contributed by atoms with E-state index in [1.54, 1.807) is 0 Å². The number of anilines is 1. The maximum absolute atomic E-state index is 12.2. The normalized spacial score (nSPS) is 10.3. The summed E-state index contributed by atoms with van der Waals surface area (Å²) in [5.41, 5.74) is 2.75. The van der Waals surface area contributed by atoms with E-state index < -0.39 is 0 Å². The first kappa shape index (κ1) is 16.3. The molecule has 2 aromatic carbocycles. The Hall–Kier alpha value is -2.07. The third kappa shape index (κ3) is 4.74. The molecule has 0 aliphatic rings. The molecule has 4 heteroatoms. The number of carbonyl (C=O) groups excluding carboxylic acids is 2. The lowest BCUT2D eigenvalue weighted by Gasteiger charge is -2.05. The second kappa shape index (κ2) is 7.80. The summed E-state index contributed by atoms with van der Waals surface area (Å²) in [5.74, 6) is 0.440. The van der Waals surface area contributed by atoms with Crippen LogP contribution < -0.4 is 5.32 Å². The van der Waals surface area contributed by atoms with Crippen LogP contribution in [0.5, 0.6) is 0 Å². The average Bonchev–Trinajstić information content (AvgIpc) is 2.53. The monoisotopic (exact) mass is 313 g/mol. The Morgan fingerprint density at radius 1 is 1.00 bits per heavy atom. The molecule has 0 saturated carbocycles. The Morgan fingerprint density at radius 2 is 1.64 bits per heavy atom. The van der Waals surface area contributed by atoms with Gasteiger partial charge in [0.05, 0.1) is 5.75 Å². The topological polar surface area (TPSA) is 46.2 Å². The zero-order valence-corrected chi connectivity index (χ0v) is 13.6. The lowest BCUT2D eigenvalue weighted by molar-refractivity contribution is -0.114. The zero-order chi connectivity index (χ0) is 15.9. The smallest absolute Gasteiger partial charge is 0.221 e. The van der Waals surface area contributed by atoms with Gasteiger partial charge in [0.25, 0.3) is 0 Å². The van der Waals surface area contributed by atoms with Crippen LogP contribution in [0.15, 0.2) is 53.4 Å². The van der Waals surface area contributed by atoms with Crippen LogP contribution in [-0.2, 0) is 11.2 Å². The summed E-state index contributed by atoms with van der Waals surface area (Å²) in [5, 5.41) is 2.72. The van der Waals surface area contributed by atoms with E-state index in [1.807, 2.05) is 48.5 Å². The van der Waals surface area contributed by atoms with Crippen LogP contribution in [0.4, 0.5) is 5.69 Å². The molecule has 0 bridgehead atoms. The molecule has 0 aromatic heterocycles. The molecule has 0 atom stereocenters. The van der Waals surface area contributed by atoms with E-state index in [1.165, 1.54) is 24.2 Å². The van der Waals surface area contributed by atoms with Gasteiger partial charge in [-0.3, -0.25) is 9.59 Å². The van der Waals surface area contributed by atoms with Crippen molar-refractivity contribution in [3.8, 4) is 0 Å². The number of Topliss-reactive ketones (excluding diaryl/α,β-unsaturated/α-hetero) is 1. The highest BCUT2D eigenvalue weighted by Gasteiger charge is 2.07. The van der Waals surface area contributed by atoms with Crippen LogP contribution in [-0.4, -0.2) is 17.4 Å². The van der Waals surface area contributed by atoms with Gasteiger partial charge in [0.15, 0.2) is 5.78 Å². The first-order valence-electron chi connectivity index (χ1n) is 7.21. The highest BCUT2D eigenvalue weighted by atomic mass is 32.2. The lowest BCUT2D eigenvalue weighted by atomic mass is 10.1. The molecule has 1 amide bonds. The Balaban J connectivity index is 1.91. The van der Waals surface area contributed by atoms with Crippen molar-refractivity contribution in [2.75, 3.05) is 11.1 Å². The van der Waals surface area contributed by atoms with Gasteiger partial charge in [0, 0.05) is 23.1 Å². The fourth-order valence-electron chi connectivity index (χ4n) is 2.00. The third-order valence-electron chi connectivity index (χ3n) is 3.23. The van der Waals surface area contributed by atoms with Crippen LogP contribution in [0.3, 0.4) is 0 Å². The molecule has 0 fully saturated rings. The molecule has 0 unspecified atom stereocenters.